The second kappa shape index (κ2) is 10.6. The maximum atomic E-state index is 5.63. The second-order valence-corrected chi connectivity index (χ2v) is 5.76. The SMILES string of the molecule is CCOCCOc1ccc(CNc2ccc(N(CC)CC)cc2)cc1. The first-order valence-corrected chi connectivity index (χ1v) is 9.15. The number of hydrogen-bond donors (Lipinski definition) is 1. The van der Waals surface area contributed by atoms with Crippen LogP contribution in [-0.4, -0.2) is 32.9 Å². The Morgan fingerprint density at radius 1 is 0.840 bits per heavy atom. The molecule has 0 unspecified atom stereocenters. The Labute approximate surface area is 151 Å². The highest BCUT2D eigenvalue weighted by Crippen LogP contribution is 2.19. The van der Waals surface area contributed by atoms with Crippen LogP contribution in [0.15, 0.2) is 48.5 Å². The third kappa shape index (κ3) is 6.31. The molecule has 0 fully saturated rings. The van der Waals surface area contributed by atoms with Crippen molar-refractivity contribution in [1.29, 1.82) is 0 Å². The van der Waals surface area contributed by atoms with Crippen LogP contribution in [0.2, 0.25) is 0 Å². The van der Waals surface area contributed by atoms with Crippen molar-refractivity contribution in [3.05, 3.63) is 54.1 Å². The van der Waals surface area contributed by atoms with Gasteiger partial charge in [-0.1, -0.05) is 12.1 Å². The summed E-state index contributed by atoms with van der Waals surface area (Å²) in [4.78, 5) is 2.34. The van der Waals surface area contributed by atoms with Gasteiger partial charge in [0.15, 0.2) is 0 Å². The average Bonchev–Trinajstić information content (AvgIpc) is 2.66. The van der Waals surface area contributed by atoms with Crippen molar-refractivity contribution in [2.24, 2.45) is 0 Å². The molecule has 0 aliphatic carbocycles. The highest BCUT2D eigenvalue weighted by Gasteiger charge is 2.01. The molecule has 0 amide bonds. The first kappa shape index (κ1) is 19.1. The number of hydrogen-bond acceptors (Lipinski definition) is 4. The van der Waals surface area contributed by atoms with Crippen molar-refractivity contribution in [2.45, 2.75) is 27.3 Å². The minimum absolute atomic E-state index is 0.588. The van der Waals surface area contributed by atoms with Gasteiger partial charge >= 0.3 is 0 Å². The molecule has 0 aliphatic rings. The summed E-state index contributed by atoms with van der Waals surface area (Å²) in [7, 11) is 0. The summed E-state index contributed by atoms with van der Waals surface area (Å²) in [5, 5.41) is 3.46. The zero-order chi connectivity index (χ0) is 17.9. The molecule has 136 valence electrons. The highest BCUT2D eigenvalue weighted by molar-refractivity contribution is 5.55. The molecule has 0 aliphatic heterocycles. The third-order valence-electron chi connectivity index (χ3n) is 4.12. The molecule has 25 heavy (non-hydrogen) atoms. The van der Waals surface area contributed by atoms with E-state index in [1.54, 1.807) is 0 Å². The van der Waals surface area contributed by atoms with Crippen LogP contribution in [0.1, 0.15) is 26.3 Å². The van der Waals surface area contributed by atoms with E-state index in [1.165, 1.54) is 11.3 Å². The third-order valence-corrected chi connectivity index (χ3v) is 4.12. The number of nitrogens with one attached hydrogen (secondary N) is 1. The Kier molecular flexibility index (Phi) is 8.13. The number of anilines is 2. The van der Waals surface area contributed by atoms with Crippen molar-refractivity contribution in [2.75, 3.05) is 43.1 Å². The summed E-state index contributed by atoms with van der Waals surface area (Å²) in [6, 6.07) is 16.8. The lowest BCUT2D eigenvalue weighted by Crippen LogP contribution is -2.21. The zero-order valence-electron chi connectivity index (χ0n) is 15.6. The summed E-state index contributed by atoms with van der Waals surface area (Å²) in [6.07, 6.45) is 0. The molecule has 0 saturated carbocycles. The fourth-order valence-electron chi connectivity index (χ4n) is 2.65. The number of rotatable bonds is 11. The molecule has 1 N–H and O–H groups in total. The van der Waals surface area contributed by atoms with Gasteiger partial charge in [0.25, 0.3) is 0 Å². The van der Waals surface area contributed by atoms with E-state index in [9.17, 15) is 0 Å². The molecule has 0 radical (unpaired) electrons. The molecule has 0 spiro atoms. The number of ether oxygens (including phenoxy) is 2. The maximum Gasteiger partial charge on any atom is 0.119 e. The maximum absolute atomic E-state index is 5.63. The molecule has 0 saturated heterocycles. The van der Waals surface area contributed by atoms with Crippen molar-refractivity contribution < 1.29 is 9.47 Å². The van der Waals surface area contributed by atoms with Crippen molar-refractivity contribution in [3.8, 4) is 5.75 Å². The van der Waals surface area contributed by atoms with Crippen LogP contribution < -0.4 is 15.0 Å². The fourth-order valence-corrected chi connectivity index (χ4v) is 2.65. The minimum atomic E-state index is 0.588. The van der Waals surface area contributed by atoms with Gasteiger partial charge in [-0.25, -0.2) is 0 Å². The Morgan fingerprint density at radius 2 is 1.52 bits per heavy atom. The summed E-state index contributed by atoms with van der Waals surface area (Å²) in [6.45, 7) is 11.1. The van der Waals surface area contributed by atoms with Crippen LogP contribution in [0.4, 0.5) is 11.4 Å². The summed E-state index contributed by atoms with van der Waals surface area (Å²) >= 11 is 0. The standard InChI is InChI=1S/C21H30N2O2/c1-4-23(5-2)20-11-9-19(10-12-20)22-17-18-7-13-21(14-8-18)25-16-15-24-6-3/h7-14,22H,4-6,15-17H2,1-3H3. The van der Waals surface area contributed by atoms with Crippen LogP contribution in [0.3, 0.4) is 0 Å². The van der Waals surface area contributed by atoms with E-state index in [-0.39, 0.29) is 0 Å². The van der Waals surface area contributed by atoms with Gasteiger partial charge in [0, 0.05) is 37.6 Å². The van der Waals surface area contributed by atoms with Crippen LogP contribution >= 0.6 is 0 Å². The molecule has 0 aromatic heterocycles. The Bertz CT molecular complexity index is 592. The normalized spacial score (nSPS) is 10.5. The number of benzene rings is 2. The predicted molar refractivity (Wildman–Crippen MR) is 106 cm³/mol. The van der Waals surface area contributed by atoms with Gasteiger partial charge in [-0.3, -0.25) is 0 Å². The Balaban J connectivity index is 1.80. The fraction of sp³-hybridized carbons (Fsp3) is 0.429. The van der Waals surface area contributed by atoms with Gasteiger partial charge in [-0.15, -0.1) is 0 Å². The first-order valence-electron chi connectivity index (χ1n) is 9.15. The van der Waals surface area contributed by atoms with E-state index in [2.05, 4.69) is 60.5 Å². The second-order valence-electron chi connectivity index (χ2n) is 5.76. The smallest absolute Gasteiger partial charge is 0.119 e. The Morgan fingerprint density at radius 3 is 2.12 bits per heavy atom. The molecule has 4 nitrogen and oxygen atoms in total. The molecule has 2 aromatic rings. The predicted octanol–water partition coefficient (Wildman–Crippen LogP) is 4.56. The lowest BCUT2D eigenvalue weighted by Gasteiger charge is -2.21. The molecule has 0 atom stereocenters. The van der Waals surface area contributed by atoms with Gasteiger partial charge in [0.05, 0.1) is 6.61 Å². The van der Waals surface area contributed by atoms with Gasteiger partial charge in [0.1, 0.15) is 12.4 Å². The van der Waals surface area contributed by atoms with Crippen molar-refractivity contribution in [3.63, 3.8) is 0 Å². The van der Waals surface area contributed by atoms with E-state index in [0.717, 1.165) is 37.7 Å². The van der Waals surface area contributed by atoms with E-state index in [4.69, 9.17) is 9.47 Å². The summed E-state index contributed by atoms with van der Waals surface area (Å²) in [5.74, 6) is 0.882. The summed E-state index contributed by atoms with van der Waals surface area (Å²) < 4.78 is 10.9. The van der Waals surface area contributed by atoms with Crippen molar-refractivity contribution >= 4 is 11.4 Å². The average molecular weight is 342 g/mol. The molecular formula is C21H30N2O2. The van der Waals surface area contributed by atoms with Crippen molar-refractivity contribution in [1.82, 2.24) is 0 Å². The highest BCUT2D eigenvalue weighted by atomic mass is 16.5. The molecule has 0 heterocycles. The largest absolute Gasteiger partial charge is 0.491 e. The molecule has 2 aromatic carbocycles. The van der Waals surface area contributed by atoms with Crippen LogP contribution in [0.5, 0.6) is 5.75 Å². The Hall–Kier alpha value is -2.20. The molecule has 0 bridgehead atoms. The van der Waals surface area contributed by atoms with Gasteiger partial charge < -0.3 is 19.7 Å². The van der Waals surface area contributed by atoms with E-state index in [1.807, 2.05) is 19.1 Å². The lowest BCUT2D eigenvalue weighted by atomic mass is 10.2. The summed E-state index contributed by atoms with van der Waals surface area (Å²) in [5.41, 5.74) is 3.63. The zero-order valence-corrected chi connectivity index (χ0v) is 15.6. The van der Waals surface area contributed by atoms with Gasteiger partial charge in [-0.05, 0) is 62.7 Å². The van der Waals surface area contributed by atoms with Gasteiger partial charge in [-0.2, -0.15) is 0 Å². The monoisotopic (exact) mass is 342 g/mol. The van der Waals surface area contributed by atoms with Gasteiger partial charge in [0.2, 0.25) is 0 Å². The number of nitrogens with zero attached hydrogens (tertiary/aromatic N) is 1. The quantitative estimate of drug-likeness (QED) is 0.607. The van der Waals surface area contributed by atoms with Crippen LogP contribution in [0, 0.1) is 0 Å². The minimum Gasteiger partial charge on any atom is -0.491 e. The van der Waals surface area contributed by atoms with E-state index in [0.29, 0.717) is 13.2 Å². The molecular weight excluding hydrogens is 312 g/mol. The van der Waals surface area contributed by atoms with E-state index < -0.39 is 0 Å². The molecule has 4 heteroatoms. The topological polar surface area (TPSA) is 33.7 Å². The first-order chi connectivity index (χ1) is 12.3. The molecule has 2 rings (SSSR count). The lowest BCUT2D eigenvalue weighted by molar-refractivity contribution is 0.110. The van der Waals surface area contributed by atoms with E-state index >= 15 is 0 Å². The van der Waals surface area contributed by atoms with Crippen LogP contribution in [-0.2, 0) is 11.3 Å². The van der Waals surface area contributed by atoms with Crippen LogP contribution in [0.25, 0.3) is 0 Å².